The minimum absolute atomic E-state index is 0.147. The van der Waals surface area contributed by atoms with Gasteiger partial charge in [-0.3, -0.25) is 28.9 Å². The van der Waals surface area contributed by atoms with E-state index in [2.05, 4.69) is 10.6 Å². The third-order valence-corrected chi connectivity index (χ3v) is 9.36. The van der Waals surface area contributed by atoms with E-state index in [9.17, 15) is 44.1 Å². The number of phenolic OH excluding ortho intramolecular Hbond substituents is 1. The number of amides is 3. The van der Waals surface area contributed by atoms with Crippen molar-refractivity contribution in [2.45, 2.75) is 43.9 Å². The summed E-state index contributed by atoms with van der Waals surface area (Å²) in [6, 6.07) is 7.78. The molecular formula is C31H34N4O9. The lowest BCUT2D eigenvalue weighted by Gasteiger charge is -2.56. The summed E-state index contributed by atoms with van der Waals surface area (Å²) in [4.78, 5) is 80.9. The Balaban J connectivity index is 1.53. The monoisotopic (exact) mass is 606 g/mol. The lowest BCUT2D eigenvalue weighted by molar-refractivity contribution is -0.196. The molecule has 44 heavy (non-hydrogen) atoms. The number of urea groups is 1. The third-order valence-electron chi connectivity index (χ3n) is 9.36. The molecule has 0 bridgehead atoms. The summed E-state index contributed by atoms with van der Waals surface area (Å²) >= 11 is 0. The normalized spacial score (nSPS) is 31.2. The van der Waals surface area contributed by atoms with Gasteiger partial charge in [-0.15, -0.1) is 0 Å². The van der Waals surface area contributed by atoms with Crippen molar-refractivity contribution in [3.63, 3.8) is 0 Å². The van der Waals surface area contributed by atoms with E-state index in [1.54, 1.807) is 19.1 Å². The first-order valence-corrected chi connectivity index (χ1v) is 14.2. The summed E-state index contributed by atoms with van der Waals surface area (Å²) in [5.74, 6) is -14.4. The molecule has 3 aliphatic carbocycles. The summed E-state index contributed by atoms with van der Waals surface area (Å²) in [6.45, 7) is 3.59. The number of Topliss-reactive ketones (excluding diaryl/α,β-unsaturated/α-hetero) is 4. The third kappa shape index (κ3) is 4.42. The summed E-state index contributed by atoms with van der Waals surface area (Å²) in [6.07, 6.45) is -0.913. The van der Waals surface area contributed by atoms with Gasteiger partial charge in [0.05, 0.1) is 35.2 Å². The van der Waals surface area contributed by atoms with Gasteiger partial charge in [-0.2, -0.15) is 0 Å². The minimum atomic E-state index is -3.09. The number of aliphatic hydroxyl groups is 2. The number of carbonyl (C=O) groups excluding carboxylic acids is 6. The number of likely N-dealkylation sites (N-methyl/N-ethyl adjacent to an activating group) is 1. The van der Waals surface area contributed by atoms with E-state index in [1.165, 1.54) is 31.1 Å². The van der Waals surface area contributed by atoms with Gasteiger partial charge in [0, 0.05) is 11.6 Å². The number of aromatic hydroxyl groups is 1. The van der Waals surface area contributed by atoms with Crippen LogP contribution < -0.4 is 16.4 Å². The highest BCUT2D eigenvalue weighted by atomic mass is 16.3. The highest BCUT2D eigenvalue weighted by Gasteiger charge is 2.72. The maximum atomic E-state index is 14.1. The Morgan fingerprint density at radius 3 is 2.20 bits per heavy atom. The first-order valence-electron chi connectivity index (χ1n) is 14.2. The molecule has 13 heteroatoms. The van der Waals surface area contributed by atoms with Crippen LogP contribution in [0.15, 0.2) is 36.4 Å². The minimum Gasteiger partial charge on any atom is -0.505 e. The van der Waals surface area contributed by atoms with Crippen LogP contribution in [0.25, 0.3) is 0 Å². The molecule has 0 aromatic heterocycles. The number of benzene rings is 2. The number of ketones is 4. The lowest BCUT2D eigenvalue weighted by atomic mass is 9.49. The molecule has 0 heterocycles. The molecule has 7 N–H and O–H groups in total. The average molecular weight is 607 g/mol. The number of aliphatic hydroxyl groups excluding tert-OH is 1. The summed E-state index contributed by atoms with van der Waals surface area (Å²) in [5, 5.41) is 39.7. The molecule has 0 aliphatic heterocycles. The van der Waals surface area contributed by atoms with Crippen LogP contribution >= 0.6 is 0 Å². The zero-order valence-corrected chi connectivity index (χ0v) is 24.5. The lowest BCUT2D eigenvalue weighted by Crippen LogP contribution is -2.77. The van der Waals surface area contributed by atoms with Crippen molar-refractivity contribution in [1.82, 2.24) is 4.90 Å². The number of primary amides is 1. The van der Waals surface area contributed by atoms with Crippen LogP contribution in [0.1, 0.15) is 41.3 Å². The SMILES string of the molecule is CCc1ccc(NC(=O)Nc2ccc3c(c2O)C(=O)C2C(=O)C4(O)C(=O)C(C(N)=O)C(=O)C(N(C)C)C4C(O)C2C3C)cc1. The van der Waals surface area contributed by atoms with Gasteiger partial charge in [-0.1, -0.05) is 32.0 Å². The van der Waals surface area contributed by atoms with E-state index >= 15 is 0 Å². The number of phenols is 1. The predicted octanol–water partition coefficient (Wildman–Crippen LogP) is 0.605. The molecule has 2 fully saturated rings. The number of nitrogens with zero attached hydrogens (tertiary/aromatic N) is 1. The average Bonchev–Trinajstić information content (AvgIpc) is 2.96. The van der Waals surface area contributed by atoms with E-state index in [4.69, 9.17) is 5.73 Å². The smallest absolute Gasteiger partial charge is 0.323 e. The summed E-state index contributed by atoms with van der Waals surface area (Å²) in [5.41, 5.74) is 3.59. The van der Waals surface area contributed by atoms with Gasteiger partial charge in [0.1, 0.15) is 5.75 Å². The maximum Gasteiger partial charge on any atom is 0.323 e. The molecule has 8 unspecified atom stereocenters. The zero-order valence-electron chi connectivity index (χ0n) is 24.5. The molecule has 2 saturated carbocycles. The van der Waals surface area contributed by atoms with Crippen molar-refractivity contribution in [3.8, 4) is 5.75 Å². The second-order valence-electron chi connectivity index (χ2n) is 11.9. The summed E-state index contributed by atoms with van der Waals surface area (Å²) < 4.78 is 0. The molecule has 0 radical (unpaired) electrons. The predicted molar refractivity (Wildman–Crippen MR) is 156 cm³/mol. The molecule has 8 atom stereocenters. The fourth-order valence-electron chi connectivity index (χ4n) is 7.20. The van der Waals surface area contributed by atoms with Gasteiger partial charge in [-0.05, 0) is 55.8 Å². The standard InChI is InChI=1S/C31H34N4O9/c1-5-13-6-8-14(9-7-13)33-30(43)34-16-11-10-15-12(2)17-19(24(37)18(15)23(16)36)27(40)31(44)21(25(17)38)22(35(3)4)26(39)20(28(31)41)29(32)42/h6-12,17,19-22,25,36,38,44H,5H2,1-4H3,(H2,32,42)(H2,33,34,43). The molecule has 13 nitrogen and oxygen atoms in total. The van der Waals surface area contributed by atoms with Crippen LogP contribution in [-0.2, 0) is 25.6 Å². The molecule has 232 valence electrons. The number of rotatable bonds is 5. The molecule has 2 aromatic carbocycles. The second-order valence-corrected chi connectivity index (χ2v) is 11.9. The Morgan fingerprint density at radius 2 is 1.64 bits per heavy atom. The number of aryl methyl sites for hydroxylation is 1. The topological polar surface area (TPSA) is 216 Å². The van der Waals surface area contributed by atoms with E-state index < -0.39 is 88.2 Å². The quantitative estimate of drug-likeness (QED) is 0.206. The van der Waals surface area contributed by atoms with Crippen LogP contribution in [-0.4, -0.2) is 87.1 Å². The molecule has 2 aromatic rings. The van der Waals surface area contributed by atoms with E-state index in [0.717, 1.165) is 12.0 Å². The Bertz CT molecular complexity index is 1600. The largest absolute Gasteiger partial charge is 0.505 e. The molecule has 5 rings (SSSR count). The van der Waals surface area contributed by atoms with E-state index in [0.29, 0.717) is 5.69 Å². The van der Waals surface area contributed by atoms with Crippen molar-refractivity contribution in [2.75, 3.05) is 24.7 Å². The van der Waals surface area contributed by atoms with Gasteiger partial charge in [0.15, 0.2) is 34.7 Å². The number of carbonyl (C=O) groups is 6. The van der Waals surface area contributed by atoms with Crippen LogP contribution in [0.4, 0.5) is 16.2 Å². The highest BCUT2D eigenvalue weighted by molar-refractivity contribution is 6.32. The van der Waals surface area contributed by atoms with Crippen LogP contribution in [0.5, 0.6) is 5.75 Å². The van der Waals surface area contributed by atoms with Crippen LogP contribution in [0.2, 0.25) is 0 Å². The number of fused-ring (bicyclic) bond motifs is 3. The van der Waals surface area contributed by atoms with Crippen molar-refractivity contribution in [1.29, 1.82) is 0 Å². The number of hydrogen-bond acceptors (Lipinski definition) is 10. The Morgan fingerprint density at radius 1 is 1.00 bits per heavy atom. The Kier molecular flexibility index (Phi) is 7.69. The van der Waals surface area contributed by atoms with Gasteiger partial charge >= 0.3 is 6.03 Å². The molecule has 0 spiro atoms. The maximum absolute atomic E-state index is 14.1. The molecule has 3 aliphatic rings. The van der Waals surface area contributed by atoms with Crippen molar-refractivity contribution >= 4 is 46.4 Å². The van der Waals surface area contributed by atoms with E-state index in [-0.39, 0.29) is 16.8 Å². The van der Waals surface area contributed by atoms with Gasteiger partial charge in [0.2, 0.25) is 5.91 Å². The fraction of sp³-hybridized carbons (Fsp3) is 0.419. The highest BCUT2D eigenvalue weighted by Crippen LogP contribution is 2.55. The Hall–Kier alpha value is -4.46. The van der Waals surface area contributed by atoms with Crippen molar-refractivity contribution in [2.24, 2.45) is 29.4 Å². The van der Waals surface area contributed by atoms with Gasteiger partial charge in [-0.25, -0.2) is 4.79 Å². The first-order chi connectivity index (χ1) is 20.7. The van der Waals surface area contributed by atoms with Crippen LogP contribution in [0.3, 0.4) is 0 Å². The second kappa shape index (κ2) is 10.9. The number of nitrogens with one attached hydrogen (secondary N) is 2. The Labute approximate surface area is 252 Å². The fourth-order valence-corrected chi connectivity index (χ4v) is 7.20. The van der Waals surface area contributed by atoms with Gasteiger partial charge in [0.25, 0.3) is 0 Å². The van der Waals surface area contributed by atoms with Gasteiger partial charge < -0.3 is 31.7 Å². The molecule has 3 amide bonds. The first kappa shape index (κ1) is 31.0. The summed E-state index contributed by atoms with van der Waals surface area (Å²) in [7, 11) is 2.85. The van der Waals surface area contributed by atoms with Crippen molar-refractivity contribution < 1.29 is 44.1 Å². The molecular weight excluding hydrogens is 572 g/mol. The molecule has 0 saturated heterocycles. The number of hydrogen-bond donors (Lipinski definition) is 6. The zero-order chi connectivity index (χ0) is 32.4. The number of nitrogens with two attached hydrogens (primary N) is 1. The van der Waals surface area contributed by atoms with E-state index in [1.807, 2.05) is 19.1 Å². The van der Waals surface area contributed by atoms with Crippen LogP contribution in [0, 0.1) is 23.7 Å². The number of anilines is 2. The van der Waals surface area contributed by atoms with Crippen molar-refractivity contribution in [3.05, 3.63) is 53.1 Å².